The molecular formula is C10H23NO3Si. The molecule has 0 unspecified atom stereocenters. The third-order valence-electron chi connectivity index (χ3n) is 2.24. The van der Waals surface area contributed by atoms with E-state index in [-0.39, 0.29) is 0 Å². The van der Waals surface area contributed by atoms with Crippen molar-refractivity contribution in [3.63, 3.8) is 0 Å². The quantitative estimate of drug-likeness (QED) is 0.348. The molecule has 0 spiro atoms. The molecule has 0 amide bonds. The molecule has 0 saturated carbocycles. The lowest BCUT2D eigenvalue weighted by molar-refractivity contribution is 0.146. The first-order valence-electron chi connectivity index (χ1n) is 5.41. The van der Waals surface area contributed by atoms with Crippen LogP contribution < -0.4 is 0 Å². The van der Waals surface area contributed by atoms with Crippen LogP contribution in [0, 0.1) is 0 Å². The highest BCUT2D eigenvalue weighted by Crippen LogP contribution is 2.03. The summed E-state index contributed by atoms with van der Waals surface area (Å²) in [6.07, 6.45) is 4.87. The lowest BCUT2D eigenvalue weighted by Gasteiger charge is -2.19. The van der Waals surface area contributed by atoms with E-state index >= 15 is 0 Å². The maximum Gasteiger partial charge on any atom is 0.547 e. The van der Waals surface area contributed by atoms with Crippen molar-refractivity contribution in [1.82, 2.24) is 0 Å². The third kappa shape index (κ3) is 6.04. The van der Waals surface area contributed by atoms with E-state index in [0.29, 0.717) is 0 Å². The molecule has 0 aliphatic rings. The predicted molar refractivity (Wildman–Crippen MR) is 64.3 cm³/mol. The minimum Gasteiger partial charge on any atom is -0.373 e. The summed E-state index contributed by atoms with van der Waals surface area (Å²) in [6.45, 7) is 3.02. The van der Waals surface area contributed by atoms with Gasteiger partial charge in [0.2, 0.25) is 0 Å². The van der Waals surface area contributed by atoms with Crippen LogP contribution in [0.2, 0.25) is 0 Å². The Balaban J connectivity index is 3.80. The van der Waals surface area contributed by atoms with Gasteiger partial charge in [-0.25, -0.2) is 0 Å². The molecule has 5 heteroatoms. The highest BCUT2D eigenvalue weighted by molar-refractivity contribution is 6.87. The van der Waals surface area contributed by atoms with Crippen molar-refractivity contribution >= 4 is 14.6 Å². The molecule has 0 bridgehead atoms. The Kier molecular flexibility index (Phi) is 8.89. The minimum atomic E-state index is -2.58. The van der Waals surface area contributed by atoms with Gasteiger partial charge in [0.15, 0.2) is 0 Å². The molecule has 0 aliphatic heterocycles. The van der Waals surface area contributed by atoms with Crippen LogP contribution in [0.5, 0.6) is 0 Å². The Morgan fingerprint density at radius 2 is 1.60 bits per heavy atom. The van der Waals surface area contributed by atoms with Gasteiger partial charge < -0.3 is 13.3 Å². The standard InChI is InChI=1S/C10H23NO3Si/c1-5-6-7-8-9-11-10-15(12-2,13-3)14-4/h10H,5-9H2,1-4H3. The van der Waals surface area contributed by atoms with Crippen LogP contribution in [0.15, 0.2) is 4.99 Å². The van der Waals surface area contributed by atoms with E-state index in [9.17, 15) is 0 Å². The topological polar surface area (TPSA) is 40.0 Å². The van der Waals surface area contributed by atoms with Crippen molar-refractivity contribution in [2.45, 2.75) is 32.6 Å². The molecule has 0 aromatic heterocycles. The number of aliphatic imine (C=N–C) groups is 1. The van der Waals surface area contributed by atoms with E-state index in [1.807, 2.05) is 0 Å². The molecule has 0 aliphatic carbocycles. The van der Waals surface area contributed by atoms with Gasteiger partial charge in [-0.3, -0.25) is 4.99 Å². The predicted octanol–water partition coefficient (Wildman–Crippen LogP) is 2.05. The van der Waals surface area contributed by atoms with Crippen LogP contribution in [0.3, 0.4) is 0 Å². The zero-order valence-corrected chi connectivity index (χ0v) is 11.3. The summed E-state index contributed by atoms with van der Waals surface area (Å²) < 4.78 is 15.6. The number of unbranched alkanes of at least 4 members (excludes halogenated alkanes) is 3. The Hall–Kier alpha value is -0.233. The molecule has 4 nitrogen and oxygen atoms in total. The van der Waals surface area contributed by atoms with Crippen LogP contribution >= 0.6 is 0 Å². The van der Waals surface area contributed by atoms with Crippen LogP contribution in [-0.4, -0.2) is 42.5 Å². The number of rotatable bonds is 9. The van der Waals surface area contributed by atoms with Crippen molar-refractivity contribution < 1.29 is 13.3 Å². The molecule has 0 radical (unpaired) electrons. The molecule has 0 N–H and O–H groups in total. The molecule has 90 valence electrons. The molecule has 0 heterocycles. The lowest BCUT2D eigenvalue weighted by Crippen LogP contribution is -2.45. The lowest BCUT2D eigenvalue weighted by atomic mass is 10.2. The summed E-state index contributed by atoms with van der Waals surface area (Å²) in [5.74, 6) is 1.71. The first kappa shape index (κ1) is 14.8. The van der Waals surface area contributed by atoms with Gasteiger partial charge in [-0.2, -0.15) is 0 Å². The third-order valence-corrected chi connectivity index (χ3v) is 4.45. The minimum absolute atomic E-state index is 0.824. The van der Waals surface area contributed by atoms with Gasteiger partial charge in [-0.15, -0.1) is 0 Å². The van der Waals surface area contributed by atoms with Gasteiger partial charge in [0.1, 0.15) is 0 Å². The largest absolute Gasteiger partial charge is 0.547 e. The molecule has 0 saturated heterocycles. The van der Waals surface area contributed by atoms with Crippen LogP contribution in [-0.2, 0) is 13.3 Å². The van der Waals surface area contributed by atoms with Gasteiger partial charge in [-0.05, 0) is 6.42 Å². The molecular weight excluding hydrogens is 210 g/mol. The summed E-state index contributed by atoms with van der Waals surface area (Å²) in [7, 11) is 2.18. The SMILES string of the molecule is CCCCCCN=C[Si](OC)(OC)OC. The second-order valence-corrected chi connectivity index (χ2v) is 6.00. The number of hydrogen-bond donors (Lipinski definition) is 0. The van der Waals surface area contributed by atoms with Gasteiger partial charge in [0.05, 0.1) is 5.84 Å². The summed E-state index contributed by atoms with van der Waals surface area (Å²) in [6, 6.07) is 0. The van der Waals surface area contributed by atoms with E-state index in [0.717, 1.165) is 13.0 Å². The molecule has 15 heavy (non-hydrogen) atoms. The monoisotopic (exact) mass is 233 g/mol. The number of hydrogen-bond acceptors (Lipinski definition) is 4. The molecule has 0 fully saturated rings. The van der Waals surface area contributed by atoms with Crippen molar-refractivity contribution in [3.05, 3.63) is 0 Å². The fourth-order valence-electron chi connectivity index (χ4n) is 1.21. The van der Waals surface area contributed by atoms with Gasteiger partial charge in [0, 0.05) is 27.9 Å². The number of nitrogens with zero attached hydrogens (tertiary/aromatic N) is 1. The smallest absolute Gasteiger partial charge is 0.373 e. The van der Waals surface area contributed by atoms with Crippen LogP contribution in [0.1, 0.15) is 32.6 Å². The Labute approximate surface area is 94.0 Å². The van der Waals surface area contributed by atoms with E-state index in [1.165, 1.54) is 19.3 Å². The Bertz CT molecular complexity index is 164. The second kappa shape index (κ2) is 9.03. The van der Waals surface area contributed by atoms with E-state index < -0.39 is 8.80 Å². The average Bonchev–Trinajstić information content (AvgIpc) is 2.29. The molecule has 0 aromatic carbocycles. The maximum atomic E-state index is 5.21. The van der Waals surface area contributed by atoms with Crippen molar-refractivity contribution in [1.29, 1.82) is 0 Å². The summed E-state index contributed by atoms with van der Waals surface area (Å²) >= 11 is 0. The van der Waals surface area contributed by atoms with E-state index in [2.05, 4.69) is 11.9 Å². The van der Waals surface area contributed by atoms with Crippen molar-refractivity contribution in [3.8, 4) is 0 Å². The summed E-state index contributed by atoms with van der Waals surface area (Å²) in [4.78, 5) is 4.29. The Morgan fingerprint density at radius 1 is 1.00 bits per heavy atom. The van der Waals surface area contributed by atoms with Gasteiger partial charge >= 0.3 is 8.80 Å². The van der Waals surface area contributed by atoms with Gasteiger partial charge in [-0.1, -0.05) is 26.2 Å². The van der Waals surface area contributed by atoms with E-state index in [4.69, 9.17) is 13.3 Å². The summed E-state index contributed by atoms with van der Waals surface area (Å²) in [5.41, 5.74) is 0. The average molecular weight is 233 g/mol. The molecule has 0 aromatic rings. The van der Waals surface area contributed by atoms with Crippen molar-refractivity contribution in [2.24, 2.45) is 4.99 Å². The first-order valence-corrected chi connectivity index (χ1v) is 7.21. The second-order valence-electron chi connectivity index (χ2n) is 3.31. The zero-order valence-electron chi connectivity index (χ0n) is 10.3. The first-order chi connectivity index (χ1) is 7.24. The van der Waals surface area contributed by atoms with Crippen LogP contribution in [0.25, 0.3) is 0 Å². The maximum absolute atomic E-state index is 5.21. The Morgan fingerprint density at radius 3 is 2.07 bits per heavy atom. The highest BCUT2D eigenvalue weighted by Gasteiger charge is 2.35. The molecule has 0 atom stereocenters. The van der Waals surface area contributed by atoms with Gasteiger partial charge in [0.25, 0.3) is 0 Å². The normalized spacial score (nSPS) is 12.5. The van der Waals surface area contributed by atoms with E-state index in [1.54, 1.807) is 27.2 Å². The molecule has 0 rings (SSSR count). The summed E-state index contributed by atoms with van der Waals surface area (Å²) in [5, 5.41) is 0. The fraction of sp³-hybridized carbons (Fsp3) is 0.900. The highest BCUT2D eigenvalue weighted by atomic mass is 28.4. The zero-order chi connectivity index (χ0) is 11.6. The van der Waals surface area contributed by atoms with Crippen molar-refractivity contribution in [2.75, 3.05) is 27.9 Å². The fourth-order valence-corrected chi connectivity index (χ4v) is 2.38. The van der Waals surface area contributed by atoms with Crippen LogP contribution in [0.4, 0.5) is 0 Å².